The zero-order chi connectivity index (χ0) is 14.7. The van der Waals surface area contributed by atoms with E-state index in [1.165, 1.54) is 18.9 Å². The molecule has 1 N–H and O–H groups in total. The Kier molecular flexibility index (Phi) is 4.29. The molecular weight excluding hydrogens is 269 g/mol. The van der Waals surface area contributed by atoms with Gasteiger partial charge < -0.3 is 9.84 Å². The average molecular weight is 289 g/mol. The van der Waals surface area contributed by atoms with Crippen molar-refractivity contribution < 1.29 is 8.91 Å². The van der Waals surface area contributed by atoms with Gasteiger partial charge in [0.05, 0.1) is 0 Å². The SMILES string of the molecule is Cc1ccc(-c2noc(CC3CCCNCC3)n2)cc1F. The lowest BCUT2D eigenvalue weighted by atomic mass is 9.97. The highest BCUT2D eigenvalue weighted by Crippen LogP contribution is 2.22. The number of aromatic nitrogens is 2. The lowest BCUT2D eigenvalue weighted by Crippen LogP contribution is -2.14. The van der Waals surface area contributed by atoms with Gasteiger partial charge >= 0.3 is 0 Å². The number of rotatable bonds is 3. The van der Waals surface area contributed by atoms with Crippen molar-refractivity contribution in [2.45, 2.75) is 32.6 Å². The molecule has 1 aromatic carbocycles. The first-order chi connectivity index (χ1) is 10.2. The monoisotopic (exact) mass is 289 g/mol. The van der Waals surface area contributed by atoms with Crippen LogP contribution in [-0.2, 0) is 6.42 Å². The van der Waals surface area contributed by atoms with Crippen LogP contribution in [-0.4, -0.2) is 23.2 Å². The third kappa shape index (κ3) is 3.47. The number of hydrogen-bond donors (Lipinski definition) is 1. The van der Waals surface area contributed by atoms with Crippen molar-refractivity contribution in [1.29, 1.82) is 0 Å². The number of aryl methyl sites for hydroxylation is 1. The molecule has 0 radical (unpaired) electrons. The van der Waals surface area contributed by atoms with Gasteiger partial charge in [-0.05, 0) is 56.8 Å². The molecular formula is C16H20FN3O. The summed E-state index contributed by atoms with van der Waals surface area (Å²) in [7, 11) is 0. The van der Waals surface area contributed by atoms with Crippen LogP contribution in [0.3, 0.4) is 0 Å². The summed E-state index contributed by atoms with van der Waals surface area (Å²) in [6.45, 7) is 3.88. The van der Waals surface area contributed by atoms with Gasteiger partial charge in [-0.25, -0.2) is 4.39 Å². The van der Waals surface area contributed by atoms with Gasteiger partial charge in [-0.3, -0.25) is 0 Å². The number of nitrogens with zero attached hydrogens (tertiary/aromatic N) is 2. The van der Waals surface area contributed by atoms with Crippen LogP contribution in [0.25, 0.3) is 11.4 Å². The lowest BCUT2D eigenvalue weighted by molar-refractivity contribution is 0.341. The molecule has 1 atom stereocenters. The molecule has 2 heterocycles. The van der Waals surface area contributed by atoms with E-state index < -0.39 is 0 Å². The second-order valence-corrected chi connectivity index (χ2v) is 5.73. The second-order valence-electron chi connectivity index (χ2n) is 5.73. The van der Waals surface area contributed by atoms with Crippen LogP contribution in [0.15, 0.2) is 22.7 Å². The first kappa shape index (κ1) is 14.2. The first-order valence-corrected chi connectivity index (χ1v) is 7.52. The highest BCUT2D eigenvalue weighted by molar-refractivity contribution is 5.54. The topological polar surface area (TPSA) is 51.0 Å². The zero-order valence-corrected chi connectivity index (χ0v) is 12.2. The fraction of sp³-hybridized carbons (Fsp3) is 0.500. The summed E-state index contributed by atoms with van der Waals surface area (Å²) in [5.41, 5.74) is 1.28. The van der Waals surface area contributed by atoms with Crippen LogP contribution < -0.4 is 5.32 Å². The predicted molar refractivity (Wildman–Crippen MR) is 78.3 cm³/mol. The molecule has 21 heavy (non-hydrogen) atoms. The minimum absolute atomic E-state index is 0.242. The number of halogens is 1. The van der Waals surface area contributed by atoms with Crippen LogP contribution in [0.1, 0.15) is 30.7 Å². The van der Waals surface area contributed by atoms with E-state index in [0.717, 1.165) is 25.9 Å². The zero-order valence-electron chi connectivity index (χ0n) is 12.2. The maximum atomic E-state index is 13.6. The lowest BCUT2D eigenvalue weighted by Gasteiger charge is -2.09. The summed E-state index contributed by atoms with van der Waals surface area (Å²) in [4.78, 5) is 4.41. The third-order valence-corrected chi connectivity index (χ3v) is 4.06. The molecule has 4 nitrogen and oxygen atoms in total. The van der Waals surface area contributed by atoms with Crippen LogP contribution in [0.2, 0.25) is 0 Å². The summed E-state index contributed by atoms with van der Waals surface area (Å²) in [5, 5.41) is 7.37. The van der Waals surface area contributed by atoms with E-state index in [1.54, 1.807) is 13.0 Å². The summed E-state index contributed by atoms with van der Waals surface area (Å²) >= 11 is 0. The fourth-order valence-electron chi connectivity index (χ4n) is 2.73. The molecule has 5 heteroatoms. The van der Waals surface area contributed by atoms with E-state index in [2.05, 4.69) is 15.5 Å². The Bertz CT molecular complexity index is 603. The molecule has 3 rings (SSSR count). The standard InChI is InChI=1S/C16H20FN3O/c1-11-4-5-13(10-14(11)17)16-19-15(21-20-16)9-12-3-2-7-18-8-6-12/h4-5,10,12,18H,2-3,6-9H2,1H3. The fourth-order valence-corrected chi connectivity index (χ4v) is 2.73. The summed E-state index contributed by atoms with van der Waals surface area (Å²) < 4.78 is 18.9. The molecule has 1 saturated heterocycles. The van der Waals surface area contributed by atoms with Gasteiger partial charge in [0, 0.05) is 12.0 Å². The highest BCUT2D eigenvalue weighted by atomic mass is 19.1. The maximum absolute atomic E-state index is 13.6. The molecule has 2 aromatic rings. The minimum atomic E-state index is -0.242. The molecule has 1 aliphatic heterocycles. The molecule has 0 aliphatic carbocycles. The predicted octanol–water partition coefficient (Wildman–Crippen LogP) is 3.12. The van der Waals surface area contributed by atoms with Gasteiger partial charge in [0.2, 0.25) is 11.7 Å². The Morgan fingerprint density at radius 3 is 3.10 bits per heavy atom. The Morgan fingerprint density at radius 1 is 1.33 bits per heavy atom. The Morgan fingerprint density at radius 2 is 2.24 bits per heavy atom. The second kappa shape index (κ2) is 6.35. The van der Waals surface area contributed by atoms with E-state index in [1.807, 2.05) is 6.07 Å². The van der Waals surface area contributed by atoms with Gasteiger partial charge in [0.1, 0.15) is 5.82 Å². The van der Waals surface area contributed by atoms with Crippen LogP contribution >= 0.6 is 0 Å². The van der Waals surface area contributed by atoms with Crippen LogP contribution in [0.5, 0.6) is 0 Å². The number of hydrogen-bond acceptors (Lipinski definition) is 4. The molecule has 0 amide bonds. The summed E-state index contributed by atoms with van der Waals surface area (Å²) in [6, 6.07) is 5.01. The summed E-state index contributed by atoms with van der Waals surface area (Å²) in [5.74, 6) is 1.46. The van der Waals surface area contributed by atoms with E-state index >= 15 is 0 Å². The molecule has 1 aromatic heterocycles. The van der Waals surface area contributed by atoms with Crippen LogP contribution in [0, 0.1) is 18.7 Å². The van der Waals surface area contributed by atoms with Crippen LogP contribution in [0.4, 0.5) is 4.39 Å². The third-order valence-electron chi connectivity index (χ3n) is 4.06. The average Bonchev–Trinajstić information content (AvgIpc) is 2.78. The van der Waals surface area contributed by atoms with Crippen molar-refractivity contribution >= 4 is 0 Å². The number of nitrogens with one attached hydrogen (secondary N) is 1. The van der Waals surface area contributed by atoms with Gasteiger partial charge in [0.15, 0.2) is 0 Å². The van der Waals surface area contributed by atoms with E-state index in [4.69, 9.17) is 4.52 Å². The molecule has 0 saturated carbocycles. The quantitative estimate of drug-likeness (QED) is 0.943. The largest absolute Gasteiger partial charge is 0.339 e. The van der Waals surface area contributed by atoms with Crippen molar-refractivity contribution in [2.24, 2.45) is 5.92 Å². The molecule has 1 unspecified atom stereocenters. The van der Waals surface area contributed by atoms with Gasteiger partial charge in [0.25, 0.3) is 0 Å². The van der Waals surface area contributed by atoms with E-state index in [-0.39, 0.29) is 5.82 Å². The Balaban J connectivity index is 1.71. The normalized spacial score (nSPS) is 19.4. The molecule has 1 fully saturated rings. The van der Waals surface area contributed by atoms with Crippen molar-refractivity contribution in [2.75, 3.05) is 13.1 Å². The van der Waals surface area contributed by atoms with E-state index in [9.17, 15) is 4.39 Å². The highest BCUT2D eigenvalue weighted by Gasteiger charge is 2.17. The molecule has 0 spiro atoms. The minimum Gasteiger partial charge on any atom is -0.339 e. The van der Waals surface area contributed by atoms with Crippen molar-refractivity contribution in [1.82, 2.24) is 15.5 Å². The summed E-state index contributed by atoms with van der Waals surface area (Å²) in [6.07, 6.45) is 4.32. The van der Waals surface area contributed by atoms with Crippen molar-refractivity contribution in [3.8, 4) is 11.4 Å². The number of benzene rings is 1. The smallest absolute Gasteiger partial charge is 0.227 e. The molecule has 0 bridgehead atoms. The Hall–Kier alpha value is -1.75. The maximum Gasteiger partial charge on any atom is 0.227 e. The van der Waals surface area contributed by atoms with E-state index in [0.29, 0.717) is 28.8 Å². The Labute approximate surface area is 123 Å². The molecule has 1 aliphatic rings. The molecule has 112 valence electrons. The van der Waals surface area contributed by atoms with Gasteiger partial charge in [-0.15, -0.1) is 0 Å². The van der Waals surface area contributed by atoms with Gasteiger partial charge in [-0.1, -0.05) is 17.3 Å². The first-order valence-electron chi connectivity index (χ1n) is 7.52. The van der Waals surface area contributed by atoms with Crippen molar-refractivity contribution in [3.63, 3.8) is 0 Å². The van der Waals surface area contributed by atoms with Gasteiger partial charge in [-0.2, -0.15) is 4.98 Å². The van der Waals surface area contributed by atoms with Crippen molar-refractivity contribution in [3.05, 3.63) is 35.5 Å².